The quantitative estimate of drug-likeness (QED) is 0.422. The van der Waals surface area contributed by atoms with Gasteiger partial charge in [0.05, 0.1) is 5.92 Å². The molecule has 2 unspecified atom stereocenters. The van der Waals surface area contributed by atoms with E-state index in [4.69, 9.17) is 15.2 Å². The Morgan fingerprint density at radius 1 is 1.47 bits per heavy atom. The molecule has 0 aromatic heterocycles. The van der Waals surface area contributed by atoms with E-state index < -0.39 is 35.3 Å². The number of aliphatic carboxylic acids is 1. The van der Waals surface area contributed by atoms with E-state index in [1.165, 1.54) is 7.05 Å². The molecule has 1 rings (SSSR count). The van der Waals surface area contributed by atoms with Crippen molar-refractivity contribution in [2.24, 2.45) is 5.92 Å². The molecule has 10 heteroatoms. The number of hydrogen-bond donors (Lipinski definition) is 4. The molecule has 4 N–H and O–H groups in total. The van der Waals surface area contributed by atoms with E-state index in [0.29, 0.717) is 6.42 Å². The molecular formula is C9H19BN2O6S. The number of hydrogen-bond acceptors (Lipinski definition) is 5. The highest BCUT2D eigenvalue weighted by Gasteiger charge is 2.43. The second-order valence-corrected chi connectivity index (χ2v) is 6.36. The van der Waals surface area contributed by atoms with Gasteiger partial charge >= 0.3 is 13.1 Å². The van der Waals surface area contributed by atoms with Crippen LogP contribution in [0, 0.1) is 5.92 Å². The molecule has 110 valence electrons. The number of nitrogens with one attached hydrogen (secondary N) is 1. The maximum atomic E-state index is 11.8. The molecule has 0 bridgehead atoms. The summed E-state index contributed by atoms with van der Waals surface area (Å²) in [6, 6.07) is -0.645. The summed E-state index contributed by atoms with van der Waals surface area (Å²) in [4.78, 5) is 11.1. The van der Waals surface area contributed by atoms with E-state index in [0.717, 1.165) is 4.31 Å². The molecule has 0 aromatic carbocycles. The average Bonchev–Trinajstić information content (AvgIpc) is 2.73. The molecule has 8 nitrogen and oxygen atoms in total. The maximum Gasteiger partial charge on any atom is 0.451 e. The average molecular weight is 294 g/mol. The van der Waals surface area contributed by atoms with E-state index in [1.54, 1.807) is 0 Å². The summed E-state index contributed by atoms with van der Waals surface area (Å²) in [7, 11) is -3.85. The molecule has 19 heavy (non-hydrogen) atoms. The first kappa shape index (κ1) is 16.4. The largest absolute Gasteiger partial charge is 0.481 e. The van der Waals surface area contributed by atoms with Crippen molar-refractivity contribution in [3.05, 3.63) is 0 Å². The number of carbonyl (C=O) groups is 1. The lowest BCUT2D eigenvalue weighted by Gasteiger charge is -2.25. The number of nitrogens with zero attached hydrogens (tertiary/aromatic N) is 1. The van der Waals surface area contributed by atoms with Crippen molar-refractivity contribution in [1.82, 2.24) is 9.03 Å². The van der Waals surface area contributed by atoms with Crippen molar-refractivity contribution in [2.75, 3.05) is 13.6 Å². The number of carboxylic acid groups (broad SMARTS) is 1. The summed E-state index contributed by atoms with van der Waals surface area (Å²) in [6.07, 6.45) is 0.996. The van der Waals surface area contributed by atoms with Crippen LogP contribution in [0.5, 0.6) is 0 Å². The van der Waals surface area contributed by atoms with Crippen LogP contribution in [0.1, 0.15) is 19.3 Å². The molecule has 0 saturated carbocycles. The second-order valence-electron chi connectivity index (χ2n) is 4.53. The lowest BCUT2D eigenvalue weighted by atomic mass is 9.82. The zero-order valence-corrected chi connectivity index (χ0v) is 11.5. The first-order valence-electron chi connectivity index (χ1n) is 6.09. The predicted octanol–water partition coefficient (Wildman–Crippen LogP) is -1.52. The van der Waals surface area contributed by atoms with Crippen molar-refractivity contribution >= 4 is 23.3 Å². The van der Waals surface area contributed by atoms with E-state index in [9.17, 15) is 13.2 Å². The van der Waals surface area contributed by atoms with Gasteiger partial charge in [-0.05, 0) is 19.2 Å². The predicted molar refractivity (Wildman–Crippen MR) is 68.4 cm³/mol. The van der Waals surface area contributed by atoms with Crippen LogP contribution in [0.3, 0.4) is 0 Å². The first-order chi connectivity index (χ1) is 8.79. The minimum atomic E-state index is -3.67. The third-order valence-corrected chi connectivity index (χ3v) is 4.93. The number of rotatable bonds is 7. The van der Waals surface area contributed by atoms with Crippen molar-refractivity contribution < 1.29 is 28.4 Å². The van der Waals surface area contributed by atoms with Crippen LogP contribution < -0.4 is 4.72 Å². The topological polar surface area (TPSA) is 127 Å². The fourth-order valence-corrected chi connectivity index (χ4v) is 3.57. The van der Waals surface area contributed by atoms with Gasteiger partial charge in [0.25, 0.3) is 10.2 Å². The summed E-state index contributed by atoms with van der Waals surface area (Å²) in [5.41, 5.74) is 0. The Bertz CT molecular complexity index is 415. The van der Waals surface area contributed by atoms with Gasteiger partial charge in [-0.25, -0.2) is 4.72 Å². The zero-order valence-electron chi connectivity index (χ0n) is 10.7. The molecule has 1 saturated heterocycles. The molecule has 0 spiro atoms. The fraction of sp³-hybridized carbons (Fsp3) is 0.889. The van der Waals surface area contributed by atoms with Crippen LogP contribution >= 0.6 is 0 Å². The summed E-state index contributed by atoms with van der Waals surface area (Å²) < 4.78 is 26.9. The summed E-state index contributed by atoms with van der Waals surface area (Å²) >= 11 is 0. The first-order valence-corrected chi connectivity index (χ1v) is 7.53. The normalized spacial score (nSPS) is 24.6. The van der Waals surface area contributed by atoms with E-state index in [-0.39, 0.29) is 25.7 Å². The summed E-state index contributed by atoms with van der Waals surface area (Å²) in [6.45, 7) is 0.159. The Kier molecular flexibility index (Phi) is 5.74. The Morgan fingerprint density at radius 3 is 2.58 bits per heavy atom. The van der Waals surface area contributed by atoms with Gasteiger partial charge in [-0.15, -0.1) is 0 Å². The molecule has 1 aliphatic rings. The van der Waals surface area contributed by atoms with Gasteiger partial charge in [-0.1, -0.05) is 6.42 Å². The van der Waals surface area contributed by atoms with Gasteiger partial charge in [0.2, 0.25) is 0 Å². The van der Waals surface area contributed by atoms with Crippen LogP contribution in [0.15, 0.2) is 0 Å². The smallest absolute Gasteiger partial charge is 0.451 e. The standard InChI is InChI=1S/C9H19BN2O6S/c1-11-19(17,18)12-6-4-7(9(13)14)8(12)3-2-5-10(15)16/h7-8,11,15-16H,2-6H2,1H3,(H,13,14). The van der Waals surface area contributed by atoms with E-state index in [1.807, 2.05) is 0 Å². The van der Waals surface area contributed by atoms with Gasteiger partial charge in [0.1, 0.15) is 0 Å². The molecule has 0 aliphatic carbocycles. The Hall–Kier alpha value is -0.675. The lowest BCUT2D eigenvalue weighted by Crippen LogP contribution is -2.44. The fourth-order valence-electron chi connectivity index (χ4n) is 2.38. The van der Waals surface area contributed by atoms with Crippen LogP contribution in [0.4, 0.5) is 0 Å². The Balaban J connectivity index is 2.78. The lowest BCUT2D eigenvalue weighted by molar-refractivity contribution is -0.142. The molecule has 0 amide bonds. The highest BCUT2D eigenvalue weighted by atomic mass is 32.2. The van der Waals surface area contributed by atoms with Crippen molar-refractivity contribution in [1.29, 1.82) is 0 Å². The molecule has 1 heterocycles. The maximum absolute atomic E-state index is 11.8. The monoisotopic (exact) mass is 294 g/mol. The van der Waals surface area contributed by atoms with Crippen molar-refractivity contribution in [3.63, 3.8) is 0 Å². The zero-order chi connectivity index (χ0) is 14.6. The van der Waals surface area contributed by atoms with Crippen LogP contribution in [0.2, 0.25) is 6.32 Å². The van der Waals surface area contributed by atoms with Crippen molar-refractivity contribution in [2.45, 2.75) is 31.6 Å². The van der Waals surface area contributed by atoms with Gasteiger partial charge in [-0.3, -0.25) is 4.79 Å². The Labute approximate surface area is 112 Å². The van der Waals surface area contributed by atoms with Crippen LogP contribution in [-0.4, -0.2) is 60.6 Å². The molecule has 0 aromatic rings. The van der Waals surface area contributed by atoms with Gasteiger partial charge in [0.15, 0.2) is 0 Å². The number of carboxylic acids is 1. The van der Waals surface area contributed by atoms with Gasteiger partial charge in [0, 0.05) is 19.6 Å². The van der Waals surface area contributed by atoms with E-state index in [2.05, 4.69) is 4.72 Å². The highest BCUT2D eigenvalue weighted by Crippen LogP contribution is 2.30. The minimum Gasteiger partial charge on any atom is -0.481 e. The molecule has 0 radical (unpaired) electrons. The SMILES string of the molecule is CNS(=O)(=O)N1CCC(C(=O)O)C1CCCB(O)O. The Morgan fingerprint density at radius 2 is 2.11 bits per heavy atom. The highest BCUT2D eigenvalue weighted by molar-refractivity contribution is 7.87. The van der Waals surface area contributed by atoms with Gasteiger partial charge in [-0.2, -0.15) is 12.7 Å². The third-order valence-electron chi connectivity index (χ3n) is 3.34. The summed E-state index contributed by atoms with van der Waals surface area (Å²) in [5.74, 6) is -1.78. The molecule has 1 aliphatic heterocycles. The van der Waals surface area contributed by atoms with E-state index >= 15 is 0 Å². The minimum absolute atomic E-state index is 0.0935. The molecule has 2 atom stereocenters. The van der Waals surface area contributed by atoms with Crippen molar-refractivity contribution in [3.8, 4) is 0 Å². The summed E-state index contributed by atoms with van der Waals surface area (Å²) in [5, 5.41) is 26.6. The molecular weight excluding hydrogens is 275 g/mol. The third kappa shape index (κ3) is 4.15. The second kappa shape index (κ2) is 6.66. The van der Waals surface area contributed by atoms with Crippen LogP contribution in [0.25, 0.3) is 0 Å². The van der Waals surface area contributed by atoms with Gasteiger partial charge < -0.3 is 15.2 Å². The molecule has 1 fully saturated rings. The van der Waals surface area contributed by atoms with Crippen LogP contribution in [-0.2, 0) is 15.0 Å².